The fraction of sp³-hybridized carbons (Fsp3) is 0.524. The van der Waals surface area contributed by atoms with E-state index in [2.05, 4.69) is 53.8 Å². The molecule has 3 aliphatic heterocycles. The van der Waals surface area contributed by atoms with Crippen LogP contribution in [0.1, 0.15) is 23.6 Å². The number of rotatable bonds is 3. The van der Waals surface area contributed by atoms with Crippen molar-refractivity contribution in [2.45, 2.75) is 49.3 Å². The van der Waals surface area contributed by atoms with Gasteiger partial charge in [0.2, 0.25) is 5.95 Å². The first-order valence-electron chi connectivity index (χ1n) is 13.2. The SMILES string of the molecule is CO[C@H]1[C@H]2O[P@](=O)(S)OC[C@H]3O[C@@H](c4snc5c(N)ncnc45)C[C@@H]3O[P@@](=O)(S)OC[C@H]1O[C@H]2n1cnc2c(=O)[nH]c(N)nc21. The smallest absolute Gasteiger partial charge is 0.382 e. The molecule has 9 atom stereocenters. The summed E-state index contributed by atoms with van der Waals surface area (Å²) in [7, 11) is 1.37. The summed E-state index contributed by atoms with van der Waals surface area (Å²) in [6.45, 7) is -8.98. The van der Waals surface area contributed by atoms with E-state index in [0.717, 1.165) is 11.5 Å². The summed E-state index contributed by atoms with van der Waals surface area (Å²) < 4.78 is 74.1. The highest BCUT2D eigenvalue weighted by Crippen LogP contribution is 2.60. The second-order valence-electron chi connectivity index (χ2n) is 10.2. The Hall–Kier alpha value is -2.20. The first kappa shape index (κ1) is 31.4. The van der Waals surface area contributed by atoms with E-state index < -0.39 is 62.0 Å². The molecule has 4 aromatic rings. The van der Waals surface area contributed by atoms with Gasteiger partial charge in [-0.05, 0) is 11.5 Å². The summed E-state index contributed by atoms with van der Waals surface area (Å²) in [6, 6.07) is 0. The van der Waals surface area contributed by atoms with Gasteiger partial charge in [-0.2, -0.15) is 9.36 Å². The average molecular weight is 722 g/mol. The maximum atomic E-state index is 13.7. The minimum Gasteiger partial charge on any atom is -0.382 e. The Bertz CT molecular complexity index is 1930. The number of anilines is 2. The molecule has 4 aromatic heterocycles. The number of ether oxygens (including phenoxy) is 3. The highest BCUT2D eigenvalue weighted by atomic mass is 32.7. The van der Waals surface area contributed by atoms with E-state index in [1.165, 1.54) is 24.3 Å². The van der Waals surface area contributed by atoms with Gasteiger partial charge in [-0.15, -0.1) is 0 Å². The number of methoxy groups -OCH3 is 1. The van der Waals surface area contributed by atoms with Crippen LogP contribution in [0, 0.1) is 0 Å². The van der Waals surface area contributed by atoms with E-state index in [-0.39, 0.29) is 42.6 Å². The van der Waals surface area contributed by atoms with Gasteiger partial charge < -0.3 is 25.7 Å². The zero-order valence-corrected chi connectivity index (χ0v) is 27.3. The number of fused-ring (bicyclic) bond motifs is 5. The van der Waals surface area contributed by atoms with Crippen LogP contribution in [0.25, 0.3) is 22.2 Å². The van der Waals surface area contributed by atoms with Crippen LogP contribution >= 0.6 is 49.6 Å². The number of aromatic amines is 1. The van der Waals surface area contributed by atoms with Crippen molar-refractivity contribution in [1.29, 1.82) is 0 Å². The maximum absolute atomic E-state index is 13.7. The van der Waals surface area contributed by atoms with Crippen molar-refractivity contribution in [2.75, 3.05) is 31.8 Å². The van der Waals surface area contributed by atoms with Crippen molar-refractivity contribution in [3.8, 4) is 0 Å². The molecule has 0 amide bonds. The number of imidazole rings is 1. The van der Waals surface area contributed by atoms with E-state index in [9.17, 15) is 13.9 Å². The third-order valence-corrected chi connectivity index (χ3v) is 11.6. The van der Waals surface area contributed by atoms with Gasteiger partial charge in [-0.25, -0.2) is 24.1 Å². The molecule has 7 rings (SSSR count). The summed E-state index contributed by atoms with van der Waals surface area (Å²) in [4.78, 5) is 31.9. The lowest BCUT2D eigenvalue weighted by Crippen LogP contribution is -2.37. The lowest BCUT2D eigenvalue weighted by molar-refractivity contribution is -0.0545. The number of hydrogen-bond acceptors (Lipinski definition) is 18. The fourth-order valence-corrected chi connectivity index (χ4v) is 9.32. The molecule has 45 heavy (non-hydrogen) atoms. The van der Waals surface area contributed by atoms with Crippen LogP contribution in [0.2, 0.25) is 0 Å². The Labute approximate surface area is 267 Å². The predicted molar refractivity (Wildman–Crippen MR) is 164 cm³/mol. The van der Waals surface area contributed by atoms with Crippen LogP contribution < -0.4 is 17.0 Å². The van der Waals surface area contributed by atoms with Gasteiger partial charge in [0, 0.05) is 13.5 Å². The molecule has 7 heterocycles. The van der Waals surface area contributed by atoms with Crippen LogP contribution in [0.15, 0.2) is 17.4 Å². The summed E-state index contributed by atoms with van der Waals surface area (Å²) in [5, 5.41) is 0. The van der Waals surface area contributed by atoms with Crippen molar-refractivity contribution < 1.29 is 41.4 Å². The summed E-state index contributed by atoms with van der Waals surface area (Å²) >= 11 is 9.53. The number of aromatic nitrogens is 7. The Kier molecular flexibility index (Phi) is 8.23. The first-order chi connectivity index (χ1) is 21.4. The monoisotopic (exact) mass is 721 g/mol. The van der Waals surface area contributed by atoms with Gasteiger partial charge in [0.1, 0.15) is 41.8 Å². The van der Waals surface area contributed by atoms with Gasteiger partial charge in [-0.1, -0.05) is 24.5 Å². The molecular weight excluding hydrogens is 696 g/mol. The number of nitrogen functional groups attached to an aromatic ring is 2. The van der Waals surface area contributed by atoms with Crippen LogP contribution in [0.5, 0.6) is 0 Å². The largest absolute Gasteiger partial charge is 0.386 e. The molecule has 19 nitrogen and oxygen atoms in total. The van der Waals surface area contributed by atoms with Crippen molar-refractivity contribution in [3.05, 3.63) is 27.9 Å². The van der Waals surface area contributed by atoms with E-state index in [4.69, 9.17) is 43.8 Å². The van der Waals surface area contributed by atoms with Crippen molar-refractivity contribution >= 4 is 83.6 Å². The number of hydrogen-bond donors (Lipinski definition) is 5. The molecule has 2 bridgehead atoms. The molecule has 5 N–H and O–H groups in total. The van der Waals surface area contributed by atoms with E-state index >= 15 is 0 Å². The molecule has 3 aliphatic rings. The second-order valence-corrected chi connectivity index (χ2v) is 16.7. The van der Waals surface area contributed by atoms with Crippen LogP contribution in [-0.4, -0.2) is 84.7 Å². The number of thiol groups is 2. The predicted octanol–water partition coefficient (Wildman–Crippen LogP) is 2.02. The Morgan fingerprint density at radius 3 is 2.56 bits per heavy atom. The third-order valence-electron chi connectivity index (χ3n) is 7.42. The lowest BCUT2D eigenvalue weighted by Gasteiger charge is -2.27. The number of nitrogens with two attached hydrogens (primary N) is 2. The van der Waals surface area contributed by atoms with E-state index in [1.807, 2.05) is 0 Å². The zero-order valence-electron chi connectivity index (χ0n) is 22.9. The number of nitrogens with one attached hydrogen (secondary N) is 1. The summed E-state index contributed by atoms with van der Waals surface area (Å²) in [6.07, 6.45) is -3.95. The van der Waals surface area contributed by atoms with Crippen molar-refractivity contribution in [1.82, 2.24) is 33.9 Å². The van der Waals surface area contributed by atoms with Crippen LogP contribution in [0.3, 0.4) is 0 Å². The minimum absolute atomic E-state index is 0.0324. The molecule has 0 spiro atoms. The molecule has 0 radical (unpaired) electrons. The molecule has 242 valence electrons. The van der Waals surface area contributed by atoms with Gasteiger partial charge in [0.05, 0.1) is 36.6 Å². The first-order valence-corrected chi connectivity index (χ1v) is 19.3. The van der Waals surface area contributed by atoms with E-state index in [0.29, 0.717) is 15.9 Å². The van der Waals surface area contributed by atoms with Gasteiger partial charge in [0.15, 0.2) is 23.2 Å². The van der Waals surface area contributed by atoms with Crippen LogP contribution in [-0.2, 0) is 41.4 Å². The van der Waals surface area contributed by atoms with E-state index in [1.54, 1.807) is 0 Å². The van der Waals surface area contributed by atoms with Gasteiger partial charge in [0.25, 0.3) is 5.56 Å². The topological polar surface area (TPSA) is 253 Å². The second kappa shape index (κ2) is 11.8. The normalized spacial score (nSPS) is 36.0. The van der Waals surface area contributed by atoms with Gasteiger partial charge in [-0.3, -0.25) is 32.4 Å². The number of H-pyrrole nitrogens is 1. The molecule has 0 saturated carbocycles. The minimum atomic E-state index is -4.20. The molecular formula is C21H25N9O10P2S3. The van der Waals surface area contributed by atoms with Crippen molar-refractivity contribution in [2.24, 2.45) is 0 Å². The molecule has 24 heteroatoms. The van der Waals surface area contributed by atoms with Crippen LogP contribution in [0.4, 0.5) is 11.8 Å². The quantitative estimate of drug-likeness (QED) is 0.150. The molecule has 3 saturated heterocycles. The average Bonchev–Trinajstić information content (AvgIpc) is 3.74. The fourth-order valence-electron chi connectivity index (χ4n) is 5.47. The van der Waals surface area contributed by atoms with Crippen molar-refractivity contribution in [3.63, 3.8) is 0 Å². The molecule has 0 unspecified atom stereocenters. The Morgan fingerprint density at radius 2 is 1.78 bits per heavy atom. The lowest BCUT2D eigenvalue weighted by atomic mass is 10.1. The molecule has 3 fully saturated rings. The zero-order chi connectivity index (χ0) is 31.7. The Balaban J connectivity index is 1.20. The van der Waals surface area contributed by atoms with Gasteiger partial charge >= 0.3 is 13.6 Å². The maximum Gasteiger partial charge on any atom is 0.386 e. The standard InChI is InChI=1S/C21H25N9O10P2S3/c1-34-14-10-4-36-41(32,43)39-7-2-8(16-11-12(29-45-16)17(22)25-5-24-11)37-9(7)3-35-42(33,44)40-15(14)20(38-10)30-6-26-13-18(30)27-21(23)28-19(13)31/h5-10,14-15,20H,2-4H2,1H3,(H,32,43)(H,33,44)(H2,22,24,25)(H3,23,27,28,31)/t7-,8+,9+,10+,14+,15+,20+,41-,42+/m0/s1. The third kappa shape index (κ3) is 5.92. The summed E-state index contributed by atoms with van der Waals surface area (Å²) in [5.41, 5.74) is 12.1. The number of nitrogens with zero attached hydrogens (tertiary/aromatic N) is 6. The Morgan fingerprint density at radius 1 is 1.02 bits per heavy atom. The highest BCUT2D eigenvalue weighted by molar-refractivity contribution is 8.44. The summed E-state index contributed by atoms with van der Waals surface area (Å²) in [5.74, 6) is 0.0429. The highest BCUT2D eigenvalue weighted by Gasteiger charge is 2.52. The molecule has 0 aromatic carbocycles. The molecule has 0 aliphatic carbocycles.